The summed E-state index contributed by atoms with van der Waals surface area (Å²) < 4.78 is 40.2. The second-order valence-corrected chi connectivity index (χ2v) is 9.36. The van der Waals surface area contributed by atoms with E-state index in [2.05, 4.69) is 19.1 Å². The van der Waals surface area contributed by atoms with E-state index < -0.39 is 17.5 Å². The van der Waals surface area contributed by atoms with Gasteiger partial charge in [-0.3, -0.25) is 0 Å². The maximum atomic E-state index is 13.5. The van der Waals surface area contributed by atoms with Gasteiger partial charge < -0.3 is 0 Å². The van der Waals surface area contributed by atoms with Crippen LogP contribution >= 0.6 is 0 Å². The fraction of sp³-hybridized carbons (Fsp3) is 0.571. The second-order valence-electron chi connectivity index (χ2n) is 9.36. The highest BCUT2D eigenvalue weighted by atomic mass is 19.2. The average molecular weight is 431 g/mol. The van der Waals surface area contributed by atoms with Crippen LogP contribution in [0.5, 0.6) is 0 Å². The lowest BCUT2D eigenvalue weighted by atomic mass is 9.77. The Morgan fingerprint density at radius 3 is 1.81 bits per heavy atom. The molecule has 0 bridgehead atoms. The summed E-state index contributed by atoms with van der Waals surface area (Å²) in [5.41, 5.74) is 2.39. The van der Waals surface area contributed by atoms with Crippen molar-refractivity contribution in [3.05, 3.63) is 59.4 Å². The first-order valence-electron chi connectivity index (χ1n) is 12.3. The summed E-state index contributed by atoms with van der Waals surface area (Å²) in [6.07, 6.45) is 17.5. The quantitative estimate of drug-likeness (QED) is 0.246. The molecule has 1 aliphatic rings. The molecular weight excluding hydrogens is 393 g/mol. The van der Waals surface area contributed by atoms with E-state index in [4.69, 9.17) is 0 Å². The Labute approximate surface area is 186 Å². The summed E-state index contributed by atoms with van der Waals surface area (Å²) in [5, 5.41) is 0. The van der Waals surface area contributed by atoms with E-state index in [0.29, 0.717) is 17.0 Å². The number of halogens is 3. The lowest BCUT2D eigenvalue weighted by molar-refractivity contribution is 0.302. The van der Waals surface area contributed by atoms with Crippen LogP contribution in [0.2, 0.25) is 0 Å². The maximum absolute atomic E-state index is 13.5. The summed E-state index contributed by atoms with van der Waals surface area (Å²) in [5.74, 6) is -2.25. The summed E-state index contributed by atoms with van der Waals surface area (Å²) in [6, 6.07) is 10.0. The highest BCUT2D eigenvalue weighted by Gasteiger charge is 2.22. The van der Waals surface area contributed by atoms with E-state index in [9.17, 15) is 13.2 Å². The average Bonchev–Trinajstić information content (AvgIpc) is 2.79. The van der Waals surface area contributed by atoms with Crippen molar-refractivity contribution in [3.8, 4) is 11.1 Å². The minimum Gasteiger partial charge on any atom is -0.204 e. The molecule has 0 amide bonds. The molecule has 0 saturated heterocycles. The van der Waals surface area contributed by atoms with Crippen LogP contribution in [0.1, 0.15) is 102 Å². The molecule has 3 heteroatoms. The molecular formula is C28H37F3. The van der Waals surface area contributed by atoms with Crippen LogP contribution < -0.4 is 0 Å². The monoisotopic (exact) mass is 430 g/mol. The number of rotatable bonds is 11. The van der Waals surface area contributed by atoms with Gasteiger partial charge in [0.05, 0.1) is 0 Å². The van der Waals surface area contributed by atoms with E-state index in [-0.39, 0.29) is 0 Å². The Balaban J connectivity index is 1.40. The van der Waals surface area contributed by atoms with Gasteiger partial charge >= 0.3 is 0 Å². The molecule has 1 aliphatic carbocycles. The third-order valence-electron chi connectivity index (χ3n) is 7.01. The van der Waals surface area contributed by atoms with Crippen molar-refractivity contribution in [3.63, 3.8) is 0 Å². The predicted octanol–water partition coefficient (Wildman–Crippen LogP) is 9.58. The van der Waals surface area contributed by atoms with E-state index >= 15 is 0 Å². The zero-order chi connectivity index (χ0) is 22.1. The standard InChI is InChI=1S/C28H37F3/c1-2-3-4-5-6-7-8-9-10-21-11-13-22(14-12-21)23-15-17-24(18-16-23)25-19-26(29)28(31)27(30)20-25/h15-22H,2-14H2,1H3. The molecule has 0 spiro atoms. The first kappa shape index (κ1) is 23.9. The van der Waals surface area contributed by atoms with Gasteiger partial charge in [0.15, 0.2) is 17.5 Å². The lowest BCUT2D eigenvalue weighted by Gasteiger charge is -2.29. The van der Waals surface area contributed by atoms with Gasteiger partial charge in [-0.1, -0.05) is 89.0 Å². The molecule has 2 aromatic carbocycles. The van der Waals surface area contributed by atoms with Gasteiger partial charge in [-0.15, -0.1) is 0 Å². The van der Waals surface area contributed by atoms with Gasteiger partial charge in [0.1, 0.15) is 0 Å². The predicted molar refractivity (Wildman–Crippen MR) is 124 cm³/mol. The van der Waals surface area contributed by atoms with Crippen molar-refractivity contribution in [2.75, 3.05) is 0 Å². The van der Waals surface area contributed by atoms with Crippen LogP contribution in [0.15, 0.2) is 36.4 Å². The molecule has 31 heavy (non-hydrogen) atoms. The van der Waals surface area contributed by atoms with Gasteiger partial charge in [-0.25, -0.2) is 13.2 Å². The first-order chi connectivity index (χ1) is 15.1. The SMILES string of the molecule is CCCCCCCCCCC1CCC(c2ccc(-c3cc(F)c(F)c(F)c3)cc2)CC1. The van der Waals surface area contributed by atoms with Crippen molar-refractivity contribution in [1.29, 1.82) is 0 Å². The smallest absolute Gasteiger partial charge is 0.194 e. The lowest BCUT2D eigenvalue weighted by Crippen LogP contribution is -2.13. The topological polar surface area (TPSA) is 0 Å². The minimum atomic E-state index is -1.41. The molecule has 0 aromatic heterocycles. The molecule has 0 unspecified atom stereocenters. The molecule has 0 heterocycles. The summed E-state index contributed by atoms with van der Waals surface area (Å²) in [7, 11) is 0. The fourth-order valence-electron chi connectivity index (χ4n) is 5.02. The van der Waals surface area contributed by atoms with Crippen LogP contribution in [0.3, 0.4) is 0 Å². The third kappa shape index (κ3) is 7.12. The van der Waals surface area contributed by atoms with Crippen molar-refractivity contribution in [2.45, 2.75) is 96.3 Å². The van der Waals surface area contributed by atoms with Crippen molar-refractivity contribution < 1.29 is 13.2 Å². The molecule has 1 saturated carbocycles. The van der Waals surface area contributed by atoms with E-state index in [1.807, 2.05) is 12.1 Å². The molecule has 0 aliphatic heterocycles. The largest absolute Gasteiger partial charge is 0.204 e. The number of unbranched alkanes of at least 4 members (excludes halogenated alkanes) is 7. The molecule has 1 fully saturated rings. The number of hydrogen-bond donors (Lipinski definition) is 0. The Bertz CT molecular complexity index is 765. The number of benzene rings is 2. The highest BCUT2D eigenvalue weighted by molar-refractivity contribution is 5.64. The Hall–Kier alpha value is -1.77. The molecule has 0 nitrogen and oxygen atoms in total. The normalized spacial score (nSPS) is 19.0. The van der Waals surface area contributed by atoms with Crippen LogP contribution in [-0.2, 0) is 0 Å². The van der Waals surface area contributed by atoms with Crippen LogP contribution in [0.4, 0.5) is 13.2 Å². The van der Waals surface area contributed by atoms with E-state index in [1.54, 1.807) is 0 Å². The van der Waals surface area contributed by atoms with E-state index in [0.717, 1.165) is 18.1 Å². The molecule has 170 valence electrons. The van der Waals surface area contributed by atoms with Gasteiger partial charge in [0, 0.05) is 0 Å². The highest BCUT2D eigenvalue weighted by Crippen LogP contribution is 2.38. The summed E-state index contributed by atoms with van der Waals surface area (Å²) in [4.78, 5) is 0. The Morgan fingerprint density at radius 1 is 0.677 bits per heavy atom. The summed E-state index contributed by atoms with van der Waals surface area (Å²) in [6.45, 7) is 2.27. The van der Waals surface area contributed by atoms with Crippen LogP contribution in [0, 0.1) is 23.4 Å². The zero-order valence-corrected chi connectivity index (χ0v) is 18.9. The van der Waals surface area contributed by atoms with Gasteiger partial charge in [0.2, 0.25) is 0 Å². The zero-order valence-electron chi connectivity index (χ0n) is 18.9. The van der Waals surface area contributed by atoms with Gasteiger partial charge in [-0.2, -0.15) is 0 Å². The summed E-state index contributed by atoms with van der Waals surface area (Å²) >= 11 is 0. The van der Waals surface area contributed by atoms with Crippen molar-refractivity contribution >= 4 is 0 Å². The fourth-order valence-corrected chi connectivity index (χ4v) is 5.02. The minimum absolute atomic E-state index is 0.372. The van der Waals surface area contributed by atoms with Gasteiger partial charge in [-0.05, 0) is 66.3 Å². The van der Waals surface area contributed by atoms with Crippen LogP contribution in [0.25, 0.3) is 11.1 Å². The van der Waals surface area contributed by atoms with Crippen LogP contribution in [-0.4, -0.2) is 0 Å². The molecule has 0 atom stereocenters. The van der Waals surface area contributed by atoms with Crippen molar-refractivity contribution in [2.24, 2.45) is 5.92 Å². The molecule has 0 radical (unpaired) electrons. The third-order valence-corrected chi connectivity index (χ3v) is 7.01. The molecule has 3 rings (SSSR count). The maximum Gasteiger partial charge on any atom is 0.194 e. The molecule has 0 N–H and O–H groups in total. The van der Waals surface area contributed by atoms with E-state index in [1.165, 1.54) is 89.0 Å². The Morgan fingerprint density at radius 2 is 1.23 bits per heavy atom. The Kier molecular flexibility index (Phi) is 9.49. The van der Waals surface area contributed by atoms with Gasteiger partial charge in [0.25, 0.3) is 0 Å². The number of hydrogen-bond acceptors (Lipinski definition) is 0. The first-order valence-corrected chi connectivity index (χ1v) is 12.3. The van der Waals surface area contributed by atoms with Crippen molar-refractivity contribution in [1.82, 2.24) is 0 Å². The molecule has 2 aromatic rings. The second kappa shape index (κ2) is 12.3.